The molecule has 0 saturated heterocycles. The molecule has 0 spiro atoms. The highest BCUT2D eigenvalue weighted by Crippen LogP contribution is 2.50. The Hall–Kier alpha value is -5.34. The highest BCUT2D eigenvalue weighted by atomic mass is 14.9. The molecule has 0 N–H and O–H groups in total. The van der Waals surface area contributed by atoms with E-state index in [-0.39, 0.29) is 0 Å². The number of aromatic nitrogens is 2. The van der Waals surface area contributed by atoms with Gasteiger partial charge in [-0.3, -0.25) is 0 Å². The summed E-state index contributed by atoms with van der Waals surface area (Å²) in [7, 11) is 0. The number of allylic oxidation sites excluding steroid dienone is 4. The van der Waals surface area contributed by atoms with E-state index in [9.17, 15) is 0 Å². The van der Waals surface area contributed by atoms with Crippen molar-refractivity contribution in [3.8, 4) is 56.2 Å². The molecule has 0 saturated carbocycles. The Balaban J connectivity index is 1.30. The van der Waals surface area contributed by atoms with E-state index in [1.54, 1.807) is 0 Å². The minimum absolute atomic E-state index is 0.320. The van der Waals surface area contributed by atoms with Gasteiger partial charge in [-0.2, -0.15) is 0 Å². The monoisotopic (exact) mass is 536 g/mol. The molecule has 2 aliphatic carbocycles. The van der Waals surface area contributed by atoms with Gasteiger partial charge in [0, 0.05) is 28.5 Å². The van der Waals surface area contributed by atoms with Gasteiger partial charge in [-0.15, -0.1) is 0 Å². The van der Waals surface area contributed by atoms with Gasteiger partial charge in [-0.25, -0.2) is 9.97 Å². The van der Waals surface area contributed by atoms with Crippen molar-refractivity contribution in [1.29, 1.82) is 0 Å². The minimum Gasteiger partial charge on any atom is -0.228 e. The Morgan fingerprint density at radius 3 is 1.71 bits per heavy atom. The first-order chi connectivity index (χ1) is 20.8. The van der Waals surface area contributed by atoms with E-state index in [0.29, 0.717) is 11.8 Å². The van der Waals surface area contributed by atoms with Crippen molar-refractivity contribution in [2.45, 2.75) is 11.8 Å². The standard InChI is InChI=1S/C40H28N2/c1-3-13-27(14-4-1)38-26-39(42-40(41-38)28-15-5-2-6-16-28)36-22-12-7-17-30(36)29-23-24-35-33-20-9-8-18-31(33)32-19-10-11-21-34(32)37(35)25-29/h1-26,32,34H. The Kier molecular flexibility index (Phi) is 5.97. The van der Waals surface area contributed by atoms with Crippen LogP contribution in [0.2, 0.25) is 0 Å². The molecule has 0 amide bonds. The fourth-order valence-corrected chi connectivity index (χ4v) is 6.50. The summed E-state index contributed by atoms with van der Waals surface area (Å²) in [6.45, 7) is 0. The van der Waals surface area contributed by atoms with E-state index in [1.165, 1.54) is 33.4 Å². The van der Waals surface area contributed by atoms with Crippen LogP contribution in [0.4, 0.5) is 0 Å². The van der Waals surface area contributed by atoms with E-state index in [2.05, 4.69) is 133 Å². The molecule has 2 unspecified atom stereocenters. The molecule has 2 aliphatic rings. The van der Waals surface area contributed by atoms with Crippen LogP contribution in [0.15, 0.2) is 158 Å². The van der Waals surface area contributed by atoms with Crippen molar-refractivity contribution >= 4 is 0 Å². The normalized spacial score (nSPS) is 16.4. The molecule has 2 heteroatoms. The lowest BCUT2D eigenvalue weighted by molar-refractivity contribution is 0.720. The number of hydrogen-bond acceptors (Lipinski definition) is 2. The average molecular weight is 537 g/mol. The number of rotatable bonds is 4. The number of fused-ring (bicyclic) bond motifs is 6. The topological polar surface area (TPSA) is 25.8 Å². The van der Waals surface area contributed by atoms with Crippen molar-refractivity contribution in [3.05, 3.63) is 169 Å². The van der Waals surface area contributed by atoms with Gasteiger partial charge >= 0.3 is 0 Å². The van der Waals surface area contributed by atoms with E-state index < -0.39 is 0 Å². The molecule has 0 radical (unpaired) electrons. The molecule has 0 bridgehead atoms. The van der Waals surface area contributed by atoms with Crippen LogP contribution in [0.3, 0.4) is 0 Å². The van der Waals surface area contributed by atoms with Crippen LogP contribution in [0, 0.1) is 0 Å². The predicted molar refractivity (Wildman–Crippen MR) is 173 cm³/mol. The van der Waals surface area contributed by atoms with Crippen LogP contribution >= 0.6 is 0 Å². The second kappa shape index (κ2) is 10.2. The van der Waals surface area contributed by atoms with E-state index in [1.807, 2.05) is 24.3 Å². The van der Waals surface area contributed by atoms with Gasteiger partial charge in [0.25, 0.3) is 0 Å². The van der Waals surface area contributed by atoms with Crippen LogP contribution in [0.1, 0.15) is 23.0 Å². The first-order valence-electron chi connectivity index (χ1n) is 14.5. The summed E-state index contributed by atoms with van der Waals surface area (Å²) in [6, 6.07) is 47.2. The maximum absolute atomic E-state index is 5.14. The summed E-state index contributed by atoms with van der Waals surface area (Å²) in [5, 5.41) is 0. The largest absolute Gasteiger partial charge is 0.228 e. The molecule has 1 heterocycles. The molecule has 0 aliphatic heterocycles. The number of hydrogen-bond donors (Lipinski definition) is 0. The third-order valence-corrected chi connectivity index (χ3v) is 8.50. The van der Waals surface area contributed by atoms with Gasteiger partial charge < -0.3 is 0 Å². The first kappa shape index (κ1) is 24.5. The highest BCUT2D eigenvalue weighted by Gasteiger charge is 2.31. The summed E-state index contributed by atoms with van der Waals surface area (Å²) in [4.78, 5) is 10.1. The lowest BCUT2D eigenvalue weighted by atomic mass is 9.69. The third-order valence-electron chi connectivity index (χ3n) is 8.50. The molecule has 2 atom stereocenters. The molecule has 0 fully saturated rings. The molecular formula is C40H28N2. The minimum atomic E-state index is 0.320. The fraction of sp³-hybridized carbons (Fsp3) is 0.0500. The summed E-state index contributed by atoms with van der Waals surface area (Å²) in [5.74, 6) is 1.40. The van der Waals surface area contributed by atoms with Gasteiger partial charge in [-0.1, -0.05) is 146 Å². The van der Waals surface area contributed by atoms with Crippen LogP contribution in [-0.4, -0.2) is 9.97 Å². The lowest BCUT2D eigenvalue weighted by Crippen LogP contribution is -2.16. The second-order valence-corrected chi connectivity index (χ2v) is 11.0. The van der Waals surface area contributed by atoms with Gasteiger partial charge in [0.15, 0.2) is 5.82 Å². The molecular weight excluding hydrogens is 508 g/mol. The Bertz CT molecular complexity index is 1930. The quantitative estimate of drug-likeness (QED) is 0.224. The summed E-state index contributed by atoms with van der Waals surface area (Å²) in [6.07, 6.45) is 9.09. The van der Waals surface area contributed by atoms with Gasteiger partial charge in [0.05, 0.1) is 11.4 Å². The van der Waals surface area contributed by atoms with Gasteiger partial charge in [0.2, 0.25) is 0 Å². The Morgan fingerprint density at radius 1 is 0.381 bits per heavy atom. The molecule has 8 rings (SSSR count). The van der Waals surface area contributed by atoms with Crippen LogP contribution < -0.4 is 0 Å². The molecule has 1 aromatic heterocycles. The van der Waals surface area contributed by atoms with Crippen molar-refractivity contribution < 1.29 is 0 Å². The highest BCUT2D eigenvalue weighted by molar-refractivity contribution is 5.87. The number of benzene rings is 5. The van der Waals surface area contributed by atoms with Crippen molar-refractivity contribution in [2.75, 3.05) is 0 Å². The predicted octanol–water partition coefficient (Wildman–Crippen LogP) is 10.1. The van der Waals surface area contributed by atoms with Crippen molar-refractivity contribution in [3.63, 3.8) is 0 Å². The van der Waals surface area contributed by atoms with Crippen LogP contribution in [0.25, 0.3) is 56.2 Å². The first-order valence-corrected chi connectivity index (χ1v) is 14.5. The maximum Gasteiger partial charge on any atom is 0.160 e. The summed E-state index contributed by atoms with van der Waals surface area (Å²) < 4.78 is 0. The smallest absolute Gasteiger partial charge is 0.160 e. The van der Waals surface area contributed by atoms with Gasteiger partial charge in [0.1, 0.15) is 0 Å². The van der Waals surface area contributed by atoms with E-state index >= 15 is 0 Å². The zero-order chi connectivity index (χ0) is 27.9. The Labute approximate surface area is 246 Å². The molecule has 198 valence electrons. The molecule has 42 heavy (non-hydrogen) atoms. The van der Waals surface area contributed by atoms with Crippen molar-refractivity contribution in [2.24, 2.45) is 0 Å². The molecule has 6 aromatic rings. The van der Waals surface area contributed by atoms with E-state index in [4.69, 9.17) is 9.97 Å². The van der Waals surface area contributed by atoms with Crippen LogP contribution in [-0.2, 0) is 0 Å². The average Bonchev–Trinajstić information content (AvgIpc) is 3.09. The van der Waals surface area contributed by atoms with Crippen molar-refractivity contribution in [1.82, 2.24) is 9.97 Å². The zero-order valence-corrected chi connectivity index (χ0v) is 23.1. The lowest BCUT2D eigenvalue weighted by Gasteiger charge is -2.34. The van der Waals surface area contributed by atoms with Gasteiger partial charge in [-0.05, 0) is 45.5 Å². The van der Waals surface area contributed by atoms with Crippen LogP contribution in [0.5, 0.6) is 0 Å². The number of nitrogens with zero attached hydrogens (tertiary/aromatic N) is 2. The second-order valence-electron chi connectivity index (χ2n) is 11.0. The third kappa shape index (κ3) is 4.20. The Morgan fingerprint density at radius 2 is 0.952 bits per heavy atom. The van der Waals surface area contributed by atoms with E-state index in [0.717, 1.165) is 33.9 Å². The zero-order valence-electron chi connectivity index (χ0n) is 23.1. The molecule has 2 nitrogen and oxygen atoms in total. The summed E-state index contributed by atoms with van der Waals surface area (Å²) in [5.41, 5.74) is 12.8. The summed E-state index contributed by atoms with van der Waals surface area (Å²) >= 11 is 0. The maximum atomic E-state index is 5.14. The SMILES string of the molecule is C1=CC2c3ccccc3-c3ccc(-c4ccccc4-c4cc(-c5ccccc5)nc(-c5ccccc5)n4)cc3C2C=C1. The fourth-order valence-electron chi connectivity index (χ4n) is 6.50. The molecule has 5 aromatic carbocycles.